The third-order valence-corrected chi connectivity index (χ3v) is 4.60. The van der Waals surface area contributed by atoms with Crippen molar-refractivity contribution < 1.29 is 4.79 Å². The van der Waals surface area contributed by atoms with Gasteiger partial charge in [-0.15, -0.1) is 11.3 Å². The molecule has 0 atom stereocenters. The Bertz CT molecular complexity index is 625. The molecule has 0 bridgehead atoms. The van der Waals surface area contributed by atoms with Gasteiger partial charge in [-0.25, -0.2) is 4.98 Å². The van der Waals surface area contributed by atoms with Gasteiger partial charge in [0.25, 0.3) is 5.91 Å². The first kappa shape index (κ1) is 13.7. The Labute approximate surface area is 129 Å². The van der Waals surface area contributed by atoms with Crippen molar-refractivity contribution in [3.05, 3.63) is 44.4 Å². The maximum atomic E-state index is 12.3. The SMILES string of the molecule is Cc1cc(Br)cc(C(=O)Nc2nc3c(s2)CNCC3)c1. The van der Waals surface area contributed by atoms with E-state index in [1.807, 2.05) is 25.1 Å². The fourth-order valence-corrected chi connectivity index (χ4v) is 3.80. The minimum Gasteiger partial charge on any atom is -0.311 e. The van der Waals surface area contributed by atoms with E-state index in [4.69, 9.17) is 0 Å². The number of carbonyl (C=O) groups is 1. The molecule has 3 rings (SSSR count). The number of nitrogens with one attached hydrogen (secondary N) is 2. The smallest absolute Gasteiger partial charge is 0.257 e. The summed E-state index contributed by atoms with van der Waals surface area (Å²) in [6.45, 7) is 3.77. The zero-order chi connectivity index (χ0) is 14.1. The first-order valence-corrected chi connectivity index (χ1v) is 8.00. The van der Waals surface area contributed by atoms with E-state index in [0.717, 1.165) is 35.2 Å². The van der Waals surface area contributed by atoms with Gasteiger partial charge in [-0.2, -0.15) is 0 Å². The Morgan fingerprint density at radius 2 is 2.30 bits per heavy atom. The van der Waals surface area contributed by atoms with Gasteiger partial charge in [-0.3, -0.25) is 10.1 Å². The quantitative estimate of drug-likeness (QED) is 0.873. The lowest BCUT2D eigenvalue weighted by atomic mass is 10.1. The number of halogens is 1. The molecule has 0 radical (unpaired) electrons. The summed E-state index contributed by atoms with van der Waals surface area (Å²) in [5.74, 6) is -0.117. The zero-order valence-electron chi connectivity index (χ0n) is 11.0. The van der Waals surface area contributed by atoms with Crippen LogP contribution in [0, 0.1) is 6.92 Å². The van der Waals surface area contributed by atoms with Gasteiger partial charge in [0.2, 0.25) is 0 Å². The molecule has 1 aromatic heterocycles. The molecular formula is C14H14BrN3OS. The van der Waals surface area contributed by atoms with Crippen molar-refractivity contribution >= 4 is 38.3 Å². The van der Waals surface area contributed by atoms with E-state index < -0.39 is 0 Å². The van der Waals surface area contributed by atoms with E-state index in [9.17, 15) is 4.79 Å². The number of rotatable bonds is 2. The molecule has 0 saturated carbocycles. The lowest BCUT2D eigenvalue weighted by Gasteiger charge is -2.09. The van der Waals surface area contributed by atoms with Crippen LogP contribution in [0.3, 0.4) is 0 Å². The van der Waals surface area contributed by atoms with Gasteiger partial charge in [-0.1, -0.05) is 15.9 Å². The minimum absolute atomic E-state index is 0.117. The van der Waals surface area contributed by atoms with E-state index in [-0.39, 0.29) is 5.91 Å². The highest BCUT2D eigenvalue weighted by Crippen LogP contribution is 2.26. The number of aryl methyl sites for hydroxylation is 1. The number of carbonyl (C=O) groups excluding carboxylic acids is 1. The number of nitrogens with zero attached hydrogens (tertiary/aromatic N) is 1. The summed E-state index contributed by atoms with van der Waals surface area (Å²) in [6.07, 6.45) is 0.928. The summed E-state index contributed by atoms with van der Waals surface area (Å²) < 4.78 is 0.908. The normalized spacial score (nSPS) is 13.9. The maximum absolute atomic E-state index is 12.3. The predicted octanol–water partition coefficient (Wildman–Crippen LogP) is 3.11. The molecule has 4 nitrogen and oxygen atoms in total. The molecule has 1 amide bonds. The molecule has 0 saturated heterocycles. The van der Waals surface area contributed by atoms with Gasteiger partial charge in [-0.05, 0) is 30.7 Å². The summed E-state index contributed by atoms with van der Waals surface area (Å²) in [5.41, 5.74) is 2.80. The van der Waals surface area contributed by atoms with E-state index >= 15 is 0 Å². The number of hydrogen-bond acceptors (Lipinski definition) is 4. The molecule has 0 aliphatic carbocycles. The number of anilines is 1. The largest absolute Gasteiger partial charge is 0.311 e. The summed E-state index contributed by atoms with van der Waals surface area (Å²) >= 11 is 4.96. The van der Waals surface area contributed by atoms with Crippen molar-refractivity contribution in [3.8, 4) is 0 Å². The molecular weight excluding hydrogens is 338 g/mol. The van der Waals surface area contributed by atoms with Crippen LogP contribution >= 0.6 is 27.3 Å². The topological polar surface area (TPSA) is 54.0 Å². The van der Waals surface area contributed by atoms with Gasteiger partial charge in [0.15, 0.2) is 5.13 Å². The summed E-state index contributed by atoms with van der Waals surface area (Å²) in [5, 5.41) is 6.88. The average Bonchev–Trinajstić information content (AvgIpc) is 2.79. The monoisotopic (exact) mass is 351 g/mol. The van der Waals surface area contributed by atoms with Crippen LogP contribution in [0.25, 0.3) is 0 Å². The lowest BCUT2D eigenvalue weighted by molar-refractivity contribution is 0.102. The van der Waals surface area contributed by atoms with Crippen LogP contribution in [0.2, 0.25) is 0 Å². The number of fused-ring (bicyclic) bond motifs is 1. The molecule has 0 unspecified atom stereocenters. The van der Waals surface area contributed by atoms with Gasteiger partial charge in [0.05, 0.1) is 5.69 Å². The van der Waals surface area contributed by atoms with E-state index in [1.54, 1.807) is 11.3 Å². The molecule has 6 heteroatoms. The number of amides is 1. The third-order valence-electron chi connectivity index (χ3n) is 3.13. The van der Waals surface area contributed by atoms with Crippen LogP contribution in [-0.2, 0) is 13.0 Å². The maximum Gasteiger partial charge on any atom is 0.257 e. The second-order valence-electron chi connectivity index (χ2n) is 4.79. The molecule has 104 valence electrons. The van der Waals surface area contributed by atoms with Crippen molar-refractivity contribution in [2.24, 2.45) is 0 Å². The Hall–Kier alpha value is -1.24. The Balaban J connectivity index is 1.80. The summed E-state index contributed by atoms with van der Waals surface area (Å²) in [7, 11) is 0. The van der Waals surface area contributed by atoms with Crippen molar-refractivity contribution in [1.82, 2.24) is 10.3 Å². The Kier molecular flexibility index (Phi) is 3.87. The predicted molar refractivity (Wildman–Crippen MR) is 84.4 cm³/mol. The molecule has 2 aromatic rings. The molecule has 0 spiro atoms. The van der Waals surface area contributed by atoms with Crippen LogP contribution in [0.5, 0.6) is 0 Å². The average molecular weight is 352 g/mol. The van der Waals surface area contributed by atoms with E-state index in [0.29, 0.717) is 10.7 Å². The standard InChI is InChI=1S/C14H14BrN3OS/c1-8-4-9(6-10(15)5-8)13(19)18-14-17-11-2-3-16-7-12(11)20-14/h4-6,16H,2-3,7H2,1H3,(H,17,18,19). The highest BCUT2D eigenvalue weighted by molar-refractivity contribution is 9.10. The van der Waals surface area contributed by atoms with Crippen LogP contribution in [0.15, 0.2) is 22.7 Å². The second-order valence-corrected chi connectivity index (χ2v) is 6.79. The fraction of sp³-hybridized carbons (Fsp3) is 0.286. The molecule has 20 heavy (non-hydrogen) atoms. The van der Waals surface area contributed by atoms with Gasteiger partial charge in [0, 0.05) is 34.4 Å². The molecule has 1 aliphatic rings. The Morgan fingerprint density at radius 1 is 1.45 bits per heavy atom. The van der Waals surface area contributed by atoms with Crippen LogP contribution in [0.4, 0.5) is 5.13 Å². The van der Waals surface area contributed by atoms with Crippen molar-refractivity contribution in [2.75, 3.05) is 11.9 Å². The summed E-state index contributed by atoms with van der Waals surface area (Å²) in [6, 6.07) is 5.66. The van der Waals surface area contributed by atoms with Crippen LogP contribution < -0.4 is 10.6 Å². The highest BCUT2D eigenvalue weighted by Gasteiger charge is 2.16. The van der Waals surface area contributed by atoms with Crippen LogP contribution in [0.1, 0.15) is 26.5 Å². The number of benzene rings is 1. The van der Waals surface area contributed by atoms with E-state index in [2.05, 4.69) is 31.5 Å². The van der Waals surface area contributed by atoms with Gasteiger partial charge < -0.3 is 5.32 Å². The first-order chi connectivity index (χ1) is 9.61. The molecule has 2 N–H and O–H groups in total. The molecule has 1 aromatic carbocycles. The van der Waals surface area contributed by atoms with Crippen LogP contribution in [-0.4, -0.2) is 17.4 Å². The van der Waals surface area contributed by atoms with Crippen molar-refractivity contribution in [1.29, 1.82) is 0 Å². The fourth-order valence-electron chi connectivity index (χ4n) is 2.22. The first-order valence-electron chi connectivity index (χ1n) is 6.39. The molecule has 1 aliphatic heterocycles. The summed E-state index contributed by atoms with van der Waals surface area (Å²) in [4.78, 5) is 18.0. The lowest BCUT2D eigenvalue weighted by Crippen LogP contribution is -2.22. The number of aromatic nitrogens is 1. The second kappa shape index (κ2) is 5.63. The molecule has 2 heterocycles. The highest BCUT2D eigenvalue weighted by atomic mass is 79.9. The minimum atomic E-state index is -0.117. The molecule has 0 fully saturated rings. The Morgan fingerprint density at radius 3 is 3.05 bits per heavy atom. The zero-order valence-corrected chi connectivity index (χ0v) is 13.4. The number of hydrogen-bond donors (Lipinski definition) is 2. The van der Waals surface area contributed by atoms with Crippen molar-refractivity contribution in [2.45, 2.75) is 19.9 Å². The third kappa shape index (κ3) is 2.92. The van der Waals surface area contributed by atoms with E-state index in [1.165, 1.54) is 4.88 Å². The van der Waals surface area contributed by atoms with Gasteiger partial charge >= 0.3 is 0 Å². The number of thiazole rings is 1. The van der Waals surface area contributed by atoms with Crippen molar-refractivity contribution in [3.63, 3.8) is 0 Å². The van der Waals surface area contributed by atoms with Gasteiger partial charge in [0.1, 0.15) is 0 Å².